The molecule has 1 saturated heterocycles. The van der Waals surface area contributed by atoms with Crippen LogP contribution >= 0.6 is 0 Å². The van der Waals surface area contributed by atoms with Gasteiger partial charge >= 0.3 is 6.03 Å². The van der Waals surface area contributed by atoms with Gasteiger partial charge in [0.1, 0.15) is 18.1 Å². The van der Waals surface area contributed by atoms with Crippen LogP contribution in [0.3, 0.4) is 0 Å². The highest BCUT2D eigenvalue weighted by atomic mass is 16.5. The van der Waals surface area contributed by atoms with Crippen molar-refractivity contribution in [2.45, 2.75) is 20.1 Å². The molecule has 4 rings (SSSR count). The van der Waals surface area contributed by atoms with Gasteiger partial charge in [-0.2, -0.15) is 0 Å². The summed E-state index contributed by atoms with van der Waals surface area (Å²) in [6.07, 6.45) is 1.68. The number of hydrogen-bond donors (Lipinski definition) is 1. The molecule has 1 heterocycles. The van der Waals surface area contributed by atoms with E-state index in [-0.39, 0.29) is 18.1 Å². The maximum atomic E-state index is 12.6. The van der Waals surface area contributed by atoms with E-state index in [1.54, 1.807) is 6.08 Å². The number of aryl methyl sites for hydroxylation is 1. The Kier molecular flexibility index (Phi) is 5.61. The van der Waals surface area contributed by atoms with Crippen molar-refractivity contribution in [3.8, 4) is 5.75 Å². The Morgan fingerprint density at radius 1 is 0.867 bits per heavy atom. The van der Waals surface area contributed by atoms with E-state index in [0.717, 1.165) is 22.4 Å². The number of carbonyl (C=O) groups excluding carboxylic acids is 2. The van der Waals surface area contributed by atoms with Crippen molar-refractivity contribution in [1.82, 2.24) is 10.2 Å². The molecular formula is C25H22N2O3. The van der Waals surface area contributed by atoms with Crippen LogP contribution in [-0.4, -0.2) is 16.8 Å². The van der Waals surface area contributed by atoms with Gasteiger partial charge in [0, 0.05) is 0 Å². The number of nitrogens with one attached hydrogen (secondary N) is 1. The minimum absolute atomic E-state index is 0.245. The second kappa shape index (κ2) is 8.66. The number of rotatable bonds is 6. The monoisotopic (exact) mass is 398 g/mol. The van der Waals surface area contributed by atoms with Gasteiger partial charge in [-0.15, -0.1) is 0 Å². The molecule has 5 nitrogen and oxygen atoms in total. The number of hydrogen-bond acceptors (Lipinski definition) is 3. The number of amides is 3. The zero-order chi connectivity index (χ0) is 20.9. The van der Waals surface area contributed by atoms with Gasteiger partial charge in [0.15, 0.2) is 0 Å². The number of imide groups is 1. The third-order valence-electron chi connectivity index (χ3n) is 4.86. The van der Waals surface area contributed by atoms with Crippen LogP contribution in [0.2, 0.25) is 0 Å². The molecule has 0 atom stereocenters. The van der Waals surface area contributed by atoms with E-state index in [1.165, 1.54) is 10.5 Å². The molecule has 150 valence electrons. The molecule has 1 aliphatic heterocycles. The number of urea groups is 1. The van der Waals surface area contributed by atoms with Crippen molar-refractivity contribution >= 4 is 18.0 Å². The zero-order valence-electron chi connectivity index (χ0n) is 16.7. The maximum absolute atomic E-state index is 12.6. The van der Waals surface area contributed by atoms with E-state index in [2.05, 4.69) is 24.4 Å². The lowest BCUT2D eigenvalue weighted by Crippen LogP contribution is -2.30. The van der Waals surface area contributed by atoms with E-state index in [9.17, 15) is 9.59 Å². The Labute approximate surface area is 175 Å². The summed E-state index contributed by atoms with van der Waals surface area (Å²) in [5.41, 5.74) is 4.29. The van der Waals surface area contributed by atoms with E-state index in [1.807, 2.05) is 66.7 Å². The van der Waals surface area contributed by atoms with Crippen LogP contribution < -0.4 is 10.1 Å². The molecule has 3 aromatic carbocycles. The first-order chi connectivity index (χ1) is 14.6. The molecule has 1 N–H and O–H groups in total. The average molecular weight is 398 g/mol. The lowest BCUT2D eigenvalue weighted by atomic mass is 10.1. The Bertz CT molecular complexity index is 1070. The van der Waals surface area contributed by atoms with Gasteiger partial charge < -0.3 is 10.1 Å². The standard InChI is InChI=1S/C25H22N2O3/c1-18-7-9-21(10-8-18)17-30-22-13-11-19(12-14-22)15-23-24(28)27(25(29)26-23)16-20-5-3-2-4-6-20/h2-15H,16-17H2,1H3,(H,26,29)/b23-15-. The predicted molar refractivity (Wildman–Crippen MR) is 115 cm³/mol. The van der Waals surface area contributed by atoms with Crippen molar-refractivity contribution in [3.05, 3.63) is 107 Å². The molecule has 0 spiro atoms. The number of nitrogens with zero attached hydrogens (tertiary/aromatic N) is 1. The van der Waals surface area contributed by atoms with Gasteiger partial charge in [-0.1, -0.05) is 72.3 Å². The molecular weight excluding hydrogens is 376 g/mol. The van der Waals surface area contributed by atoms with Crippen LogP contribution in [0.1, 0.15) is 22.3 Å². The third-order valence-corrected chi connectivity index (χ3v) is 4.86. The lowest BCUT2D eigenvalue weighted by molar-refractivity contribution is -0.123. The van der Waals surface area contributed by atoms with Crippen molar-refractivity contribution < 1.29 is 14.3 Å². The molecule has 0 unspecified atom stereocenters. The molecule has 0 saturated carbocycles. The summed E-state index contributed by atoms with van der Waals surface area (Å²) in [7, 11) is 0. The molecule has 30 heavy (non-hydrogen) atoms. The normalized spacial score (nSPS) is 14.8. The molecule has 3 aromatic rings. The first kappa shape index (κ1) is 19.5. The van der Waals surface area contributed by atoms with Crippen LogP contribution in [0.25, 0.3) is 6.08 Å². The topological polar surface area (TPSA) is 58.6 Å². The molecule has 3 amide bonds. The van der Waals surface area contributed by atoms with Crippen molar-refractivity contribution in [2.75, 3.05) is 0 Å². The van der Waals surface area contributed by atoms with Gasteiger partial charge in [-0.3, -0.25) is 9.69 Å². The second-order valence-electron chi connectivity index (χ2n) is 7.21. The lowest BCUT2D eigenvalue weighted by Gasteiger charge is -2.11. The van der Waals surface area contributed by atoms with Crippen LogP contribution in [-0.2, 0) is 17.9 Å². The fourth-order valence-electron chi connectivity index (χ4n) is 3.16. The summed E-state index contributed by atoms with van der Waals surface area (Å²) in [6.45, 7) is 2.79. The van der Waals surface area contributed by atoms with Gasteiger partial charge in [0.2, 0.25) is 0 Å². The van der Waals surface area contributed by atoms with Crippen molar-refractivity contribution in [3.63, 3.8) is 0 Å². The van der Waals surface area contributed by atoms with Crippen molar-refractivity contribution in [1.29, 1.82) is 0 Å². The summed E-state index contributed by atoms with van der Waals surface area (Å²) >= 11 is 0. The quantitative estimate of drug-likeness (QED) is 0.485. The van der Waals surface area contributed by atoms with E-state index >= 15 is 0 Å². The second-order valence-corrected chi connectivity index (χ2v) is 7.21. The molecule has 5 heteroatoms. The van der Waals surface area contributed by atoms with E-state index < -0.39 is 6.03 Å². The zero-order valence-corrected chi connectivity index (χ0v) is 16.7. The fraction of sp³-hybridized carbons (Fsp3) is 0.120. The molecule has 1 fully saturated rings. The van der Waals surface area contributed by atoms with E-state index in [0.29, 0.717) is 6.61 Å². The van der Waals surface area contributed by atoms with E-state index in [4.69, 9.17) is 4.74 Å². The maximum Gasteiger partial charge on any atom is 0.329 e. The van der Waals surface area contributed by atoms with Gasteiger partial charge in [0.05, 0.1) is 6.54 Å². The van der Waals surface area contributed by atoms with Gasteiger partial charge in [0.25, 0.3) is 5.91 Å². The smallest absolute Gasteiger partial charge is 0.329 e. The van der Waals surface area contributed by atoms with Gasteiger partial charge in [-0.05, 0) is 41.8 Å². The first-order valence-electron chi connectivity index (χ1n) is 9.75. The summed E-state index contributed by atoms with van der Waals surface area (Å²) in [4.78, 5) is 26.1. The number of ether oxygens (including phenoxy) is 1. The van der Waals surface area contributed by atoms with Crippen LogP contribution in [0.5, 0.6) is 5.75 Å². The highest BCUT2D eigenvalue weighted by molar-refractivity contribution is 6.13. The number of benzene rings is 3. The molecule has 1 aliphatic rings. The highest BCUT2D eigenvalue weighted by Gasteiger charge is 2.33. The molecule has 0 aliphatic carbocycles. The molecule has 0 aromatic heterocycles. The summed E-state index contributed by atoms with van der Waals surface area (Å²) in [6, 6.07) is 24.6. The Balaban J connectivity index is 1.40. The number of carbonyl (C=O) groups is 2. The minimum atomic E-state index is -0.409. The first-order valence-corrected chi connectivity index (χ1v) is 9.75. The minimum Gasteiger partial charge on any atom is -0.489 e. The summed E-state index contributed by atoms with van der Waals surface area (Å²) in [5, 5.41) is 2.66. The Hall–Kier alpha value is -3.86. The van der Waals surface area contributed by atoms with Crippen molar-refractivity contribution in [2.24, 2.45) is 0 Å². The van der Waals surface area contributed by atoms with Gasteiger partial charge in [-0.25, -0.2) is 4.79 Å². The summed E-state index contributed by atoms with van der Waals surface area (Å²) < 4.78 is 5.81. The largest absolute Gasteiger partial charge is 0.489 e. The Morgan fingerprint density at radius 3 is 2.27 bits per heavy atom. The average Bonchev–Trinajstić information content (AvgIpc) is 3.02. The molecule has 0 radical (unpaired) electrons. The Morgan fingerprint density at radius 2 is 1.57 bits per heavy atom. The van der Waals surface area contributed by atoms with Crippen LogP contribution in [0.15, 0.2) is 84.6 Å². The summed E-state index contributed by atoms with van der Waals surface area (Å²) in [5.74, 6) is 0.411. The predicted octanol–water partition coefficient (Wildman–Crippen LogP) is 4.67. The third kappa shape index (κ3) is 4.58. The molecule has 0 bridgehead atoms. The highest BCUT2D eigenvalue weighted by Crippen LogP contribution is 2.19. The fourth-order valence-corrected chi connectivity index (χ4v) is 3.16. The van der Waals surface area contributed by atoms with Crippen LogP contribution in [0, 0.1) is 6.92 Å². The SMILES string of the molecule is Cc1ccc(COc2ccc(/C=C3\NC(=O)N(Cc4ccccc4)C3=O)cc2)cc1. The van der Waals surface area contributed by atoms with Crippen LogP contribution in [0.4, 0.5) is 4.79 Å².